The highest BCUT2D eigenvalue weighted by Gasteiger charge is 2.35. The second-order valence-electron chi connectivity index (χ2n) is 5.36. The molecular formula is C16H12BrN3O2. The molecular weight excluding hydrogens is 346 g/mol. The molecule has 1 unspecified atom stereocenters. The van der Waals surface area contributed by atoms with E-state index in [9.17, 15) is 9.59 Å². The van der Waals surface area contributed by atoms with Crippen LogP contribution in [0.1, 0.15) is 17.9 Å². The molecule has 1 fully saturated rings. The Kier molecular flexibility index (Phi) is 2.94. The van der Waals surface area contributed by atoms with Gasteiger partial charge in [-0.2, -0.15) is 0 Å². The van der Waals surface area contributed by atoms with Crippen LogP contribution in [-0.2, 0) is 9.59 Å². The van der Waals surface area contributed by atoms with E-state index in [1.165, 1.54) is 0 Å². The molecule has 1 aliphatic heterocycles. The van der Waals surface area contributed by atoms with Gasteiger partial charge in [0, 0.05) is 33.6 Å². The predicted octanol–water partition coefficient (Wildman–Crippen LogP) is 3.06. The van der Waals surface area contributed by atoms with Crippen LogP contribution in [0.5, 0.6) is 0 Å². The number of benzene rings is 1. The first-order valence-electron chi connectivity index (χ1n) is 6.92. The van der Waals surface area contributed by atoms with Crippen molar-refractivity contribution in [2.45, 2.75) is 12.3 Å². The number of aromatic nitrogens is 2. The summed E-state index contributed by atoms with van der Waals surface area (Å²) in [5.74, 6) is -0.927. The van der Waals surface area contributed by atoms with E-state index >= 15 is 0 Å². The van der Waals surface area contributed by atoms with Gasteiger partial charge in [0.05, 0.1) is 17.3 Å². The number of fused-ring (bicyclic) bond motifs is 1. The highest BCUT2D eigenvalue weighted by atomic mass is 79.9. The molecule has 4 rings (SSSR count). The van der Waals surface area contributed by atoms with Crippen LogP contribution < -0.4 is 5.32 Å². The number of halogens is 1. The van der Waals surface area contributed by atoms with E-state index in [4.69, 9.17) is 0 Å². The van der Waals surface area contributed by atoms with Gasteiger partial charge in [-0.1, -0.05) is 15.9 Å². The maximum atomic E-state index is 12.2. The molecule has 110 valence electrons. The quantitative estimate of drug-likeness (QED) is 0.616. The fraction of sp³-hybridized carbons (Fsp3) is 0.125. The molecule has 1 aromatic carbocycles. The standard InChI is InChI=1S/C16H12BrN3O2/c17-8-3-4-11-9(6-8)14(10-7-13(21)20-16(10)22)15(19-11)12-2-1-5-18-12/h1-6,10,18-19H,7H2,(H,20,21,22). The Morgan fingerprint density at radius 1 is 1.18 bits per heavy atom. The maximum absolute atomic E-state index is 12.2. The molecule has 3 heterocycles. The fourth-order valence-corrected chi connectivity index (χ4v) is 3.39. The number of amides is 2. The van der Waals surface area contributed by atoms with Crippen molar-refractivity contribution in [3.8, 4) is 11.4 Å². The Hall–Kier alpha value is -2.34. The number of nitrogens with one attached hydrogen (secondary N) is 3. The van der Waals surface area contributed by atoms with Gasteiger partial charge in [-0.15, -0.1) is 0 Å². The first-order valence-corrected chi connectivity index (χ1v) is 7.71. The molecule has 6 heteroatoms. The van der Waals surface area contributed by atoms with Crippen LogP contribution in [0.3, 0.4) is 0 Å². The maximum Gasteiger partial charge on any atom is 0.234 e. The fourth-order valence-electron chi connectivity index (χ4n) is 3.03. The van der Waals surface area contributed by atoms with Crippen LogP contribution >= 0.6 is 15.9 Å². The molecule has 1 saturated heterocycles. The smallest absolute Gasteiger partial charge is 0.234 e. The van der Waals surface area contributed by atoms with E-state index in [0.29, 0.717) is 0 Å². The number of imide groups is 1. The number of carbonyl (C=O) groups excluding carboxylic acids is 2. The first-order chi connectivity index (χ1) is 10.6. The Balaban J connectivity index is 2.01. The summed E-state index contributed by atoms with van der Waals surface area (Å²) in [5, 5.41) is 3.35. The van der Waals surface area contributed by atoms with E-state index in [1.54, 1.807) is 0 Å². The minimum absolute atomic E-state index is 0.187. The van der Waals surface area contributed by atoms with Gasteiger partial charge in [-0.25, -0.2) is 0 Å². The van der Waals surface area contributed by atoms with E-state index in [-0.39, 0.29) is 18.2 Å². The Bertz CT molecular complexity index is 896. The molecule has 3 aromatic rings. The second-order valence-corrected chi connectivity index (χ2v) is 6.27. The molecule has 0 radical (unpaired) electrons. The van der Waals surface area contributed by atoms with Crippen LogP contribution in [0.15, 0.2) is 41.0 Å². The topological polar surface area (TPSA) is 77.8 Å². The van der Waals surface area contributed by atoms with E-state index in [1.807, 2.05) is 36.5 Å². The van der Waals surface area contributed by atoms with Gasteiger partial charge in [0.2, 0.25) is 11.8 Å². The van der Waals surface area contributed by atoms with Gasteiger partial charge in [-0.3, -0.25) is 14.9 Å². The van der Waals surface area contributed by atoms with E-state index < -0.39 is 5.92 Å². The van der Waals surface area contributed by atoms with E-state index in [2.05, 4.69) is 31.2 Å². The third-order valence-corrected chi connectivity index (χ3v) is 4.48. The number of aromatic amines is 2. The minimum Gasteiger partial charge on any atom is -0.360 e. The van der Waals surface area contributed by atoms with Crippen LogP contribution in [0, 0.1) is 0 Å². The highest BCUT2D eigenvalue weighted by Crippen LogP contribution is 2.39. The summed E-state index contributed by atoms with van der Waals surface area (Å²) in [4.78, 5) is 30.3. The summed E-state index contributed by atoms with van der Waals surface area (Å²) in [5.41, 5.74) is 3.56. The zero-order valence-electron chi connectivity index (χ0n) is 11.4. The lowest BCUT2D eigenvalue weighted by Crippen LogP contribution is -2.21. The summed E-state index contributed by atoms with van der Waals surface area (Å²) in [6.07, 6.45) is 2.02. The number of rotatable bonds is 2. The van der Waals surface area contributed by atoms with Crippen molar-refractivity contribution < 1.29 is 9.59 Å². The van der Waals surface area contributed by atoms with Gasteiger partial charge < -0.3 is 9.97 Å². The van der Waals surface area contributed by atoms with Crippen molar-refractivity contribution in [1.29, 1.82) is 0 Å². The Labute approximate surface area is 134 Å². The van der Waals surface area contributed by atoms with E-state index in [0.717, 1.165) is 32.3 Å². The average molecular weight is 358 g/mol. The Morgan fingerprint density at radius 2 is 2.05 bits per heavy atom. The molecule has 2 amide bonds. The molecule has 2 aromatic heterocycles. The molecule has 5 nitrogen and oxygen atoms in total. The third-order valence-electron chi connectivity index (χ3n) is 3.99. The van der Waals surface area contributed by atoms with Crippen molar-refractivity contribution in [3.63, 3.8) is 0 Å². The summed E-state index contributed by atoms with van der Waals surface area (Å²) < 4.78 is 0.933. The molecule has 22 heavy (non-hydrogen) atoms. The average Bonchev–Trinajstić information content (AvgIpc) is 3.17. The summed E-state index contributed by atoms with van der Waals surface area (Å²) in [7, 11) is 0. The van der Waals surface area contributed by atoms with Gasteiger partial charge in [0.15, 0.2) is 0 Å². The van der Waals surface area contributed by atoms with Crippen molar-refractivity contribution in [3.05, 3.63) is 46.6 Å². The molecule has 0 saturated carbocycles. The lowest BCUT2D eigenvalue weighted by Gasteiger charge is -2.08. The SMILES string of the molecule is O=C1CC(c2c(-c3ccc[nH]3)[nH]c3ccc(Br)cc23)C(=O)N1. The van der Waals surface area contributed by atoms with Crippen molar-refractivity contribution >= 4 is 38.6 Å². The summed E-state index contributed by atoms with van der Waals surface area (Å²) in [6, 6.07) is 9.73. The number of carbonyl (C=O) groups is 2. The highest BCUT2D eigenvalue weighted by molar-refractivity contribution is 9.10. The second kappa shape index (κ2) is 4.84. The number of H-pyrrole nitrogens is 2. The monoisotopic (exact) mass is 357 g/mol. The lowest BCUT2D eigenvalue weighted by molar-refractivity contribution is -0.125. The molecule has 0 spiro atoms. The van der Waals surface area contributed by atoms with Gasteiger partial charge in [0.1, 0.15) is 0 Å². The first kappa shape index (κ1) is 13.3. The van der Waals surface area contributed by atoms with Crippen LogP contribution in [-0.4, -0.2) is 21.8 Å². The Morgan fingerprint density at radius 3 is 2.73 bits per heavy atom. The largest absolute Gasteiger partial charge is 0.360 e. The normalized spacial score (nSPS) is 18.1. The zero-order valence-corrected chi connectivity index (χ0v) is 13.0. The van der Waals surface area contributed by atoms with Crippen molar-refractivity contribution in [1.82, 2.24) is 15.3 Å². The van der Waals surface area contributed by atoms with Crippen LogP contribution in [0.4, 0.5) is 0 Å². The molecule has 0 aliphatic carbocycles. The number of hydrogen-bond acceptors (Lipinski definition) is 2. The molecule has 0 bridgehead atoms. The minimum atomic E-state index is -0.464. The van der Waals surface area contributed by atoms with Crippen LogP contribution in [0.2, 0.25) is 0 Å². The van der Waals surface area contributed by atoms with Crippen LogP contribution in [0.25, 0.3) is 22.3 Å². The van der Waals surface area contributed by atoms with Gasteiger partial charge in [-0.05, 0) is 30.3 Å². The summed E-state index contributed by atoms with van der Waals surface area (Å²) >= 11 is 3.47. The third kappa shape index (κ3) is 1.99. The predicted molar refractivity (Wildman–Crippen MR) is 86.3 cm³/mol. The lowest BCUT2D eigenvalue weighted by atomic mass is 9.93. The molecule has 1 atom stereocenters. The zero-order chi connectivity index (χ0) is 15.3. The molecule has 3 N–H and O–H groups in total. The molecule has 1 aliphatic rings. The van der Waals surface area contributed by atoms with Gasteiger partial charge in [0.25, 0.3) is 0 Å². The van der Waals surface area contributed by atoms with Crippen molar-refractivity contribution in [2.24, 2.45) is 0 Å². The summed E-state index contributed by atoms with van der Waals surface area (Å²) in [6.45, 7) is 0. The van der Waals surface area contributed by atoms with Crippen molar-refractivity contribution in [2.75, 3.05) is 0 Å². The van der Waals surface area contributed by atoms with Gasteiger partial charge >= 0.3 is 0 Å². The number of hydrogen-bond donors (Lipinski definition) is 3.